The number of anilines is 1. The van der Waals surface area contributed by atoms with Crippen LogP contribution in [-0.2, 0) is 0 Å². The lowest BCUT2D eigenvalue weighted by Crippen LogP contribution is -2.36. The summed E-state index contributed by atoms with van der Waals surface area (Å²) in [6.45, 7) is 0.619. The maximum atomic E-state index is 6.09. The highest BCUT2D eigenvalue weighted by molar-refractivity contribution is 9.10. The molecule has 5 heteroatoms. The summed E-state index contributed by atoms with van der Waals surface area (Å²) in [6.07, 6.45) is 0. The molecule has 2 aromatic rings. The van der Waals surface area contributed by atoms with E-state index in [4.69, 9.17) is 10.5 Å². The number of methoxy groups -OCH3 is 1. The summed E-state index contributed by atoms with van der Waals surface area (Å²) in [5.74, 6) is 1.38. The summed E-state index contributed by atoms with van der Waals surface area (Å²) >= 11 is 3.52. The molecule has 108 valence electrons. The molecule has 0 radical (unpaired) electrons. The molecule has 0 saturated heterocycles. The Morgan fingerprint density at radius 3 is 2.71 bits per heavy atom. The standard InChI is InChI=1S/C16H16BrN3O/c1-21-15-8-7-11(17)9-13(15)14-10-19-16(18)20(14)12-5-3-2-4-6-12/h2-9,14H,10H2,1H3,(H2,18,19). The van der Waals surface area contributed by atoms with E-state index in [0.29, 0.717) is 12.5 Å². The van der Waals surface area contributed by atoms with Crippen molar-refractivity contribution in [1.29, 1.82) is 0 Å². The Kier molecular flexibility index (Phi) is 3.84. The van der Waals surface area contributed by atoms with Gasteiger partial charge in [-0.25, -0.2) is 0 Å². The highest BCUT2D eigenvalue weighted by Crippen LogP contribution is 2.36. The molecular weight excluding hydrogens is 330 g/mol. The van der Waals surface area contributed by atoms with E-state index < -0.39 is 0 Å². The minimum atomic E-state index is 0.0415. The van der Waals surface area contributed by atoms with Crippen LogP contribution in [0.1, 0.15) is 11.6 Å². The lowest BCUT2D eigenvalue weighted by molar-refractivity contribution is 0.406. The van der Waals surface area contributed by atoms with Crippen LogP contribution in [0.4, 0.5) is 5.69 Å². The van der Waals surface area contributed by atoms with Gasteiger partial charge in [0.15, 0.2) is 5.96 Å². The summed E-state index contributed by atoms with van der Waals surface area (Å²) < 4.78 is 6.50. The number of guanidine groups is 1. The van der Waals surface area contributed by atoms with E-state index in [0.717, 1.165) is 21.5 Å². The quantitative estimate of drug-likeness (QED) is 0.928. The zero-order valence-corrected chi connectivity index (χ0v) is 13.2. The van der Waals surface area contributed by atoms with Crippen molar-refractivity contribution in [3.63, 3.8) is 0 Å². The average molecular weight is 346 g/mol. The van der Waals surface area contributed by atoms with Crippen LogP contribution in [0.15, 0.2) is 58.0 Å². The third-order valence-electron chi connectivity index (χ3n) is 3.57. The van der Waals surface area contributed by atoms with Crippen molar-refractivity contribution in [3.8, 4) is 5.75 Å². The molecular formula is C16H16BrN3O. The molecule has 1 unspecified atom stereocenters. The Hall–Kier alpha value is -2.01. The highest BCUT2D eigenvalue weighted by Gasteiger charge is 2.30. The van der Waals surface area contributed by atoms with Gasteiger partial charge in [-0.15, -0.1) is 0 Å². The molecule has 0 saturated carbocycles. The molecule has 1 atom stereocenters. The van der Waals surface area contributed by atoms with Crippen molar-refractivity contribution in [2.24, 2.45) is 10.7 Å². The summed E-state index contributed by atoms with van der Waals surface area (Å²) in [4.78, 5) is 6.45. The van der Waals surface area contributed by atoms with E-state index in [1.807, 2.05) is 47.4 Å². The number of nitrogens with zero attached hydrogens (tertiary/aromatic N) is 2. The third kappa shape index (κ3) is 2.61. The zero-order valence-electron chi connectivity index (χ0n) is 11.7. The number of rotatable bonds is 3. The first-order valence-electron chi connectivity index (χ1n) is 6.68. The first-order chi connectivity index (χ1) is 10.2. The predicted molar refractivity (Wildman–Crippen MR) is 88.8 cm³/mol. The van der Waals surface area contributed by atoms with Crippen molar-refractivity contribution in [2.45, 2.75) is 6.04 Å². The third-order valence-corrected chi connectivity index (χ3v) is 4.06. The van der Waals surface area contributed by atoms with Gasteiger partial charge in [0.1, 0.15) is 5.75 Å². The molecule has 0 fully saturated rings. The molecule has 2 N–H and O–H groups in total. The van der Waals surface area contributed by atoms with E-state index in [1.165, 1.54) is 0 Å². The van der Waals surface area contributed by atoms with Gasteiger partial charge in [0.2, 0.25) is 0 Å². The van der Waals surface area contributed by atoms with Gasteiger partial charge in [-0.2, -0.15) is 0 Å². The minimum absolute atomic E-state index is 0.0415. The summed E-state index contributed by atoms with van der Waals surface area (Å²) in [5, 5.41) is 0. The van der Waals surface area contributed by atoms with E-state index in [-0.39, 0.29) is 6.04 Å². The largest absolute Gasteiger partial charge is 0.496 e. The Bertz CT molecular complexity index is 672. The summed E-state index contributed by atoms with van der Waals surface area (Å²) in [5.41, 5.74) is 8.19. The van der Waals surface area contributed by atoms with Crippen LogP contribution in [0.2, 0.25) is 0 Å². The number of aliphatic imine (C=N–C) groups is 1. The van der Waals surface area contributed by atoms with E-state index >= 15 is 0 Å². The molecule has 0 aliphatic carbocycles. The lowest BCUT2D eigenvalue weighted by atomic mass is 10.0. The van der Waals surface area contributed by atoms with Crippen LogP contribution >= 0.6 is 15.9 Å². The van der Waals surface area contributed by atoms with Crippen LogP contribution < -0.4 is 15.4 Å². The average Bonchev–Trinajstić information content (AvgIpc) is 2.89. The predicted octanol–water partition coefficient (Wildman–Crippen LogP) is 3.33. The van der Waals surface area contributed by atoms with Crippen molar-refractivity contribution in [3.05, 3.63) is 58.6 Å². The van der Waals surface area contributed by atoms with Crippen LogP contribution in [0.5, 0.6) is 5.75 Å². The van der Waals surface area contributed by atoms with Gasteiger partial charge < -0.3 is 15.4 Å². The Labute approximate surface area is 132 Å². The molecule has 1 aliphatic heterocycles. The maximum Gasteiger partial charge on any atom is 0.196 e. The number of para-hydroxylation sites is 1. The number of nitrogens with two attached hydrogens (primary N) is 1. The first kappa shape index (κ1) is 13.9. The van der Waals surface area contributed by atoms with Gasteiger partial charge in [-0.05, 0) is 30.3 Å². The Morgan fingerprint density at radius 2 is 2.00 bits per heavy atom. The van der Waals surface area contributed by atoms with Gasteiger partial charge in [0.05, 0.1) is 19.7 Å². The topological polar surface area (TPSA) is 50.9 Å². The second-order valence-electron chi connectivity index (χ2n) is 4.81. The van der Waals surface area contributed by atoms with E-state index in [9.17, 15) is 0 Å². The fraction of sp³-hybridized carbons (Fsp3) is 0.188. The molecule has 0 amide bonds. The molecule has 1 aliphatic rings. The monoisotopic (exact) mass is 345 g/mol. The fourth-order valence-electron chi connectivity index (χ4n) is 2.60. The van der Waals surface area contributed by atoms with Crippen LogP contribution in [0, 0.1) is 0 Å². The molecule has 1 heterocycles. The molecule has 4 nitrogen and oxygen atoms in total. The maximum absolute atomic E-state index is 6.09. The lowest BCUT2D eigenvalue weighted by Gasteiger charge is -2.27. The Balaban J connectivity index is 2.04. The fourth-order valence-corrected chi connectivity index (χ4v) is 2.98. The minimum Gasteiger partial charge on any atom is -0.496 e. The summed E-state index contributed by atoms with van der Waals surface area (Å²) in [7, 11) is 1.68. The van der Waals surface area contributed by atoms with Crippen molar-refractivity contribution in [1.82, 2.24) is 0 Å². The van der Waals surface area contributed by atoms with Gasteiger partial charge in [0.25, 0.3) is 0 Å². The van der Waals surface area contributed by atoms with Gasteiger partial charge >= 0.3 is 0 Å². The highest BCUT2D eigenvalue weighted by atomic mass is 79.9. The van der Waals surface area contributed by atoms with Crippen LogP contribution in [-0.4, -0.2) is 19.6 Å². The second-order valence-corrected chi connectivity index (χ2v) is 5.72. The molecule has 2 aromatic carbocycles. The number of benzene rings is 2. The van der Waals surface area contributed by atoms with Crippen molar-refractivity contribution in [2.75, 3.05) is 18.6 Å². The first-order valence-corrected chi connectivity index (χ1v) is 7.47. The van der Waals surface area contributed by atoms with E-state index in [1.54, 1.807) is 7.11 Å². The number of halogens is 1. The second kappa shape index (κ2) is 5.77. The number of hydrogen-bond acceptors (Lipinski definition) is 4. The van der Waals surface area contributed by atoms with Crippen LogP contribution in [0.25, 0.3) is 0 Å². The molecule has 0 spiro atoms. The molecule has 0 bridgehead atoms. The van der Waals surface area contributed by atoms with Crippen molar-refractivity contribution >= 4 is 27.6 Å². The molecule has 0 aromatic heterocycles. The normalized spacial score (nSPS) is 17.7. The number of hydrogen-bond donors (Lipinski definition) is 1. The van der Waals surface area contributed by atoms with Crippen LogP contribution in [0.3, 0.4) is 0 Å². The SMILES string of the molecule is COc1ccc(Br)cc1C1CN=C(N)N1c1ccccc1. The van der Waals surface area contributed by atoms with Gasteiger partial charge in [-0.1, -0.05) is 34.1 Å². The van der Waals surface area contributed by atoms with Gasteiger partial charge in [0, 0.05) is 15.7 Å². The molecule has 3 rings (SSSR count). The number of ether oxygens (including phenoxy) is 1. The Morgan fingerprint density at radius 1 is 1.24 bits per heavy atom. The zero-order chi connectivity index (χ0) is 14.8. The van der Waals surface area contributed by atoms with Crippen molar-refractivity contribution < 1.29 is 4.74 Å². The molecule has 21 heavy (non-hydrogen) atoms. The summed E-state index contributed by atoms with van der Waals surface area (Å²) in [6, 6.07) is 16.1. The van der Waals surface area contributed by atoms with Gasteiger partial charge in [-0.3, -0.25) is 4.99 Å². The smallest absolute Gasteiger partial charge is 0.196 e. The van der Waals surface area contributed by atoms with E-state index in [2.05, 4.69) is 27.0 Å².